The van der Waals surface area contributed by atoms with Gasteiger partial charge in [0, 0.05) is 56.1 Å². The molecule has 0 aromatic heterocycles. The van der Waals surface area contributed by atoms with Gasteiger partial charge in [-0.25, -0.2) is 4.79 Å². The van der Waals surface area contributed by atoms with Gasteiger partial charge in [-0.3, -0.25) is 9.69 Å². The lowest BCUT2D eigenvalue weighted by Crippen LogP contribution is -2.42. The number of carbonyl (C=O) groups is 2. The van der Waals surface area contributed by atoms with Gasteiger partial charge >= 0.3 is 6.03 Å². The van der Waals surface area contributed by atoms with Gasteiger partial charge in [-0.05, 0) is 50.6 Å². The third-order valence-electron chi connectivity index (χ3n) is 5.59. The molecular formula is C26H32N4O2. The Morgan fingerprint density at radius 1 is 0.906 bits per heavy atom. The fourth-order valence-electron chi connectivity index (χ4n) is 3.74. The molecule has 1 saturated heterocycles. The summed E-state index contributed by atoms with van der Waals surface area (Å²) in [6, 6.07) is 17.3. The number of carbonyl (C=O) groups excluding carboxylic acids is 2. The minimum absolute atomic E-state index is 0.116. The maximum Gasteiger partial charge on any atom is 0.321 e. The van der Waals surface area contributed by atoms with E-state index in [1.54, 1.807) is 0 Å². The lowest BCUT2D eigenvalue weighted by molar-refractivity contribution is -0.132. The summed E-state index contributed by atoms with van der Waals surface area (Å²) in [5.74, 6) is 6.44. The number of likely N-dealkylation sites (N-methyl/N-ethyl adjacent to an activating group) is 1. The van der Waals surface area contributed by atoms with E-state index in [9.17, 15) is 9.59 Å². The van der Waals surface area contributed by atoms with Crippen molar-refractivity contribution >= 4 is 17.6 Å². The predicted molar refractivity (Wildman–Crippen MR) is 128 cm³/mol. The first-order valence-electron chi connectivity index (χ1n) is 11.3. The van der Waals surface area contributed by atoms with Crippen LogP contribution in [0.15, 0.2) is 54.6 Å². The Morgan fingerprint density at radius 2 is 1.62 bits per heavy atom. The van der Waals surface area contributed by atoms with E-state index in [2.05, 4.69) is 22.1 Å². The van der Waals surface area contributed by atoms with E-state index in [0.29, 0.717) is 26.2 Å². The summed E-state index contributed by atoms with van der Waals surface area (Å²) in [5.41, 5.74) is 2.53. The van der Waals surface area contributed by atoms with Crippen LogP contribution < -0.4 is 5.32 Å². The standard InChI is InChI=1S/C26H32N4O2/c1-3-29(4-2)25(31)21-28-16-9-17-30(19-18-28)26(32)27-24-13-8-12-23(20-24)15-14-22-10-6-5-7-11-22/h5-8,10-13,20H,3-4,9,16-19,21H2,1-2H3,(H,27,32). The fourth-order valence-corrected chi connectivity index (χ4v) is 3.74. The second-order valence-corrected chi connectivity index (χ2v) is 7.81. The second kappa shape index (κ2) is 11.9. The molecule has 1 heterocycles. The molecule has 3 amide bonds. The number of hydrogen-bond donors (Lipinski definition) is 1. The Labute approximate surface area is 191 Å². The topological polar surface area (TPSA) is 55.9 Å². The third kappa shape index (κ3) is 6.86. The zero-order chi connectivity index (χ0) is 22.8. The Hall–Kier alpha value is -3.30. The molecule has 32 heavy (non-hydrogen) atoms. The molecule has 0 saturated carbocycles. The molecule has 0 radical (unpaired) electrons. The minimum atomic E-state index is -0.116. The van der Waals surface area contributed by atoms with Crippen LogP contribution >= 0.6 is 0 Å². The van der Waals surface area contributed by atoms with Crippen molar-refractivity contribution in [1.29, 1.82) is 0 Å². The molecule has 6 heteroatoms. The van der Waals surface area contributed by atoms with Crippen molar-refractivity contribution in [2.75, 3.05) is 51.1 Å². The predicted octanol–water partition coefficient (Wildman–Crippen LogP) is 3.49. The first-order chi connectivity index (χ1) is 15.6. The van der Waals surface area contributed by atoms with Gasteiger partial charge in [0.25, 0.3) is 0 Å². The summed E-state index contributed by atoms with van der Waals surface area (Å²) >= 11 is 0. The number of nitrogens with zero attached hydrogens (tertiary/aromatic N) is 3. The van der Waals surface area contributed by atoms with Crippen molar-refractivity contribution in [2.45, 2.75) is 20.3 Å². The van der Waals surface area contributed by atoms with Gasteiger partial charge in [-0.2, -0.15) is 0 Å². The van der Waals surface area contributed by atoms with Crippen LogP contribution in [0.2, 0.25) is 0 Å². The van der Waals surface area contributed by atoms with E-state index in [-0.39, 0.29) is 11.9 Å². The van der Waals surface area contributed by atoms with Crippen LogP contribution in [-0.4, -0.2) is 72.5 Å². The van der Waals surface area contributed by atoms with Gasteiger partial charge in [-0.15, -0.1) is 0 Å². The van der Waals surface area contributed by atoms with Gasteiger partial charge in [0.2, 0.25) is 5.91 Å². The van der Waals surface area contributed by atoms with Gasteiger partial charge in [0.15, 0.2) is 0 Å². The molecule has 2 aromatic carbocycles. The first kappa shape index (κ1) is 23.4. The van der Waals surface area contributed by atoms with Crippen molar-refractivity contribution in [3.63, 3.8) is 0 Å². The van der Waals surface area contributed by atoms with Crippen molar-refractivity contribution in [2.24, 2.45) is 0 Å². The first-order valence-corrected chi connectivity index (χ1v) is 11.3. The maximum atomic E-state index is 12.8. The van der Waals surface area contributed by atoms with Crippen molar-refractivity contribution in [1.82, 2.24) is 14.7 Å². The van der Waals surface area contributed by atoms with Crippen LogP contribution in [0, 0.1) is 11.8 Å². The smallest absolute Gasteiger partial charge is 0.321 e. The fraction of sp³-hybridized carbons (Fsp3) is 0.385. The Morgan fingerprint density at radius 3 is 2.38 bits per heavy atom. The highest BCUT2D eigenvalue weighted by Gasteiger charge is 2.21. The molecular weight excluding hydrogens is 400 g/mol. The normalized spacial score (nSPS) is 14.1. The molecule has 0 atom stereocenters. The summed E-state index contributed by atoms with van der Waals surface area (Å²) in [4.78, 5) is 31.0. The zero-order valence-electron chi connectivity index (χ0n) is 19.0. The van der Waals surface area contributed by atoms with Crippen molar-refractivity contribution in [3.8, 4) is 11.8 Å². The number of hydrogen-bond acceptors (Lipinski definition) is 3. The molecule has 2 aromatic rings. The Bertz CT molecular complexity index is 961. The average molecular weight is 433 g/mol. The Kier molecular flexibility index (Phi) is 8.70. The lowest BCUT2D eigenvalue weighted by atomic mass is 10.1. The number of benzene rings is 2. The van der Waals surface area contributed by atoms with Gasteiger partial charge in [0.1, 0.15) is 0 Å². The van der Waals surface area contributed by atoms with E-state index in [4.69, 9.17) is 0 Å². The van der Waals surface area contributed by atoms with Crippen molar-refractivity contribution in [3.05, 3.63) is 65.7 Å². The van der Waals surface area contributed by atoms with Crippen LogP contribution in [-0.2, 0) is 4.79 Å². The Balaban J connectivity index is 1.55. The third-order valence-corrected chi connectivity index (χ3v) is 5.59. The summed E-state index contributed by atoms with van der Waals surface area (Å²) in [5, 5.41) is 3.00. The summed E-state index contributed by atoms with van der Waals surface area (Å²) in [6.07, 6.45) is 0.849. The molecule has 168 valence electrons. The molecule has 3 rings (SSSR count). The van der Waals surface area contributed by atoms with Crippen molar-refractivity contribution < 1.29 is 9.59 Å². The maximum absolute atomic E-state index is 12.8. The monoisotopic (exact) mass is 432 g/mol. The van der Waals surface area contributed by atoms with Crippen LogP contribution in [0.5, 0.6) is 0 Å². The quantitative estimate of drug-likeness (QED) is 0.736. The van der Waals surface area contributed by atoms with Gasteiger partial charge < -0.3 is 15.1 Å². The van der Waals surface area contributed by atoms with Gasteiger partial charge in [-0.1, -0.05) is 36.1 Å². The number of urea groups is 1. The summed E-state index contributed by atoms with van der Waals surface area (Å²) in [7, 11) is 0. The number of anilines is 1. The van der Waals surface area contributed by atoms with E-state index in [0.717, 1.165) is 42.9 Å². The molecule has 1 aliphatic heterocycles. The van der Waals surface area contributed by atoms with Crippen LogP contribution in [0.25, 0.3) is 0 Å². The number of nitrogens with one attached hydrogen (secondary N) is 1. The van der Waals surface area contributed by atoms with Crippen LogP contribution in [0.1, 0.15) is 31.4 Å². The number of amides is 3. The summed E-state index contributed by atoms with van der Waals surface area (Å²) in [6.45, 7) is 8.67. The molecule has 0 aliphatic carbocycles. The average Bonchev–Trinajstić information content (AvgIpc) is 3.05. The van der Waals surface area contributed by atoms with E-state index < -0.39 is 0 Å². The molecule has 1 N–H and O–H groups in total. The second-order valence-electron chi connectivity index (χ2n) is 7.81. The lowest BCUT2D eigenvalue weighted by Gasteiger charge is -2.25. The van der Waals surface area contributed by atoms with E-state index >= 15 is 0 Å². The number of rotatable bonds is 5. The molecule has 6 nitrogen and oxygen atoms in total. The zero-order valence-corrected chi connectivity index (χ0v) is 19.0. The molecule has 1 fully saturated rings. The highest BCUT2D eigenvalue weighted by atomic mass is 16.2. The van der Waals surface area contributed by atoms with E-state index in [1.165, 1.54) is 0 Å². The molecule has 1 aliphatic rings. The van der Waals surface area contributed by atoms with E-state index in [1.807, 2.05) is 78.2 Å². The van der Waals surface area contributed by atoms with Crippen LogP contribution in [0.4, 0.5) is 10.5 Å². The SMILES string of the molecule is CCN(CC)C(=O)CN1CCCN(C(=O)Nc2cccc(C#Cc3ccccc3)c2)CC1. The minimum Gasteiger partial charge on any atom is -0.342 e. The molecule has 0 unspecified atom stereocenters. The van der Waals surface area contributed by atoms with Crippen LogP contribution in [0.3, 0.4) is 0 Å². The highest BCUT2D eigenvalue weighted by Crippen LogP contribution is 2.12. The largest absolute Gasteiger partial charge is 0.342 e. The highest BCUT2D eigenvalue weighted by molar-refractivity contribution is 5.89. The van der Waals surface area contributed by atoms with Gasteiger partial charge in [0.05, 0.1) is 6.54 Å². The summed E-state index contributed by atoms with van der Waals surface area (Å²) < 4.78 is 0. The molecule has 0 bridgehead atoms. The molecule has 0 spiro atoms.